The summed E-state index contributed by atoms with van der Waals surface area (Å²) in [5.41, 5.74) is 0. The van der Waals surface area contributed by atoms with Crippen molar-refractivity contribution in [2.75, 3.05) is 19.8 Å². The van der Waals surface area contributed by atoms with Gasteiger partial charge < -0.3 is 24.8 Å². The second-order valence-corrected chi connectivity index (χ2v) is 9.09. The molecule has 5 heteroatoms. The van der Waals surface area contributed by atoms with Gasteiger partial charge in [-0.15, -0.1) is 0 Å². The first-order valence-corrected chi connectivity index (χ1v) is 13.1. The van der Waals surface area contributed by atoms with E-state index in [0.29, 0.717) is 6.61 Å². The molecule has 0 aromatic heterocycles. The fraction of sp³-hybridized carbons (Fsp3) is 0.923. The maximum Gasteiger partial charge on any atom is 0.114 e. The summed E-state index contributed by atoms with van der Waals surface area (Å²) in [6, 6.07) is 0. The van der Waals surface area contributed by atoms with Crippen molar-refractivity contribution in [1.29, 1.82) is 0 Å². The van der Waals surface area contributed by atoms with Crippen molar-refractivity contribution in [2.45, 2.75) is 134 Å². The van der Waals surface area contributed by atoms with Gasteiger partial charge in [-0.1, -0.05) is 89.7 Å². The molecule has 0 radical (unpaired) electrons. The molecule has 5 nitrogen and oxygen atoms in total. The first-order valence-electron chi connectivity index (χ1n) is 13.1. The first-order chi connectivity index (χ1) is 15.2. The summed E-state index contributed by atoms with van der Waals surface area (Å²) >= 11 is 0. The zero-order chi connectivity index (χ0) is 22.6. The van der Waals surface area contributed by atoms with Crippen LogP contribution in [0.2, 0.25) is 0 Å². The van der Waals surface area contributed by atoms with Crippen molar-refractivity contribution in [3.63, 3.8) is 0 Å². The van der Waals surface area contributed by atoms with Crippen molar-refractivity contribution < 1.29 is 24.8 Å². The Bertz CT molecular complexity index is 415. The lowest BCUT2D eigenvalue weighted by atomic mass is 10.1. The second kappa shape index (κ2) is 20.2. The van der Waals surface area contributed by atoms with Crippen LogP contribution in [-0.4, -0.2) is 59.6 Å². The summed E-state index contributed by atoms with van der Waals surface area (Å²) in [5.74, 6) is 0. The third-order valence-corrected chi connectivity index (χ3v) is 6.22. The molecule has 1 rings (SSSR count). The van der Waals surface area contributed by atoms with Crippen molar-refractivity contribution >= 4 is 0 Å². The van der Waals surface area contributed by atoms with Crippen LogP contribution in [0.3, 0.4) is 0 Å². The van der Waals surface area contributed by atoms with Crippen LogP contribution in [-0.2, 0) is 9.47 Å². The molecule has 1 fully saturated rings. The molecule has 0 aromatic rings. The SMILES string of the molecule is CCCCCCCCCCCCC/C=C/CCCCCO[C@H]1CO[C@H]([C@H](O)CO)[C@@H]1O. The number of rotatable bonds is 21. The van der Waals surface area contributed by atoms with Crippen molar-refractivity contribution in [2.24, 2.45) is 0 Å². The minimum absolute atomic E-state index is 0.269. The summed E-state index contributed by atoms with van der Waals surface area (Å²) in [4.78, 5) is 0. The van der Waals surface area contributed by atoms with E-state index in [-0.39, 0.29) is 6.61 Å². The molecule has 3 N–H and O–H groups in total. The predicted octanol–water partition coefficient (Wildman–Crippen LogP) is 5.30. The summed E-state index contributed by atoms with van der Waals surface area (Å²) in [6.45, 7) is 2.72. The van der Waals surface area contributed by atoms with Gasteiger partial charge in [0.05, 0.1) is 13.2 Å². The largest absolute Gasteiger partial charge is 0.394 e. The Morgan fingerprint density at radius 3 is 1.90 bits per heavy atom. The maximum atomic E-state index is 10.1. The van der Waals surface area contributed by atoms with Gasteiger partial charge >= 0.3 is 0 Å². The van der Waals surface area contributed by atoms with E-state index in [9.17, 15) is 10.2 Å². The molecular weight excluding hydrogens is 392 g/mol. The molecule has 4 atom stereocenters. The van der Waals surface area contributed by atoms with Gasteiger partial charge in [-0.05, 0) is 32.1 Å². The monoisotopic (exact) mass is 442 g/mol. The number of hydrogen-bond donors (Lipinski definition) is 3. The van der Waals surface area contributed by atoms with E-state index in [1.165, 1.54) is 77.0 Å². The van der Waals surface area contributed by atoms with Gasteiger partial charge in [0, 0.05) is 6.61 Å². The van der Waals surface area contributed by atoms with Gasteiger partial charge in [0.25, 0.3) is 0 Å². The number of aliphatic hydroxyl groups is 3. The van der Waals surface area contributed by atoms with Crippen LogP contribution in [0.15, 0.2) is 12.2 Å². The molecule has 1 heterocycles. The highest BCUT2D eigenvalue weighted by Crippen LogP contribution is 2.20. The average Bonchev–Trinajstić information content (AvgIpc) is 3.15. The highest BCUT2D eigenvalue weighted by atomic mass is 16.6. The lowest BCUT2D eigenvalue weighted by Gasteiger charge is -2.20. The molecule has 0 unspecified atom stereocenters. The molecule has 31 heavy (non-hydrogen) atoms. The lowest BCUT2D eigenvalue weighted by molar-refractivity contribution is -0.0730. The standard InChI is InChI=1S/C26H50O5/c1-2-3-4-5-6-7-8-9-10-11-12-13-14-15-16-17-18-19-20-30-24-22-31-26(25(24)29)23(28)21-27/h14-15,23-29H,2-13,16-22H2,1H3/b15-14+/t23-,24+,25-,26-/m1/s1. The molecule has 0 aliphatic carbocycles. The second-order valence-electron chi connectivity index (χ2n) is 9.09. The molecule has 0 bridgehead atoms. The van der Waals surface area contributed by atoms with E-state index >= 15 is 0 Å². The van der Waals surface area contributed by atoms with Crippen molar-refractivity contribution in [3.8, 4) is 0 Å². The van der Waals surface area contributed by atoms with E-state index in [2.05, 4.69) is 19.1 Å². The summed E-state index contributed by atoms with van der Waals surface area (Å²) in [5, 5.41) is 28.6. The van der Waals surface area contributed by atoms with Crippen LogP contribution in [0.4, 0.5) is 0 Å². The summed E-state index contributed by atoms with van der Waals surface area (Å²) in [6.07, 6.45) is 22.5. The number of unbranched alkanes of at least 4 members (excludes halogenated alkanes) is 14. The molecule has 0 amide bonds. The van der Waals surface area contributed by atoms with Crippen LogP contribution in [0.25, 0.3) is 0 Å². The van der Waals surface area contributed by atoms with Gasteiger partial charge in [0.15, 0.2) is 0 Å². The van der Waals surface area contributed by atoms with Crippen LogP contribution < -0.4 is 0 Å². The quantitative estimate of drug-likeness (QED) is 0.166. The molecule has 1 aliphatic heterocycles. The molecule has 0 saturated carbocycles. The van der Waals surface area contributed by atoms with Crippen LogP contribution in [0, 0.1) is 0 Å². The molecule has 184 valence electrons. The minimum Gasteiger partial charge on any atom is -0.394 e. The Kier molecular flexibility index (Phi) is 18.6. The Morgan fingerprint density at radius 1 is 0.839 bits per heavy atom. The molecule has 0 spiro atoms. The van der Waals surface area contributed by atoms with Crippen LogP contribution in [0.5, 0.6) is 0 Å². The van der Waals surface area contributed by atoms with Crippen molar-refractivity contribution in [1.82, 2.24) is 0 Å². The van der Waals surface area contributed by atoms with E-state index in [0.717, 1.165) is 25.7 Å². The minimum atomic E-state index is -1.06. The van der Waals surface area contributed by atoms with Crippen LogP contribution in [0.1, 0.15) is 110 Å². The third-order valence-electron chi connectivity index (χ3n) is 6.22. The number of aliphatic hydroxyl groups excluding tert-OH is 3. The highest BCUT2D eigenvalue weighted by molar-refractivity contribution is 4.88. The predicted molar refractivity (Wildman–Crippen MR) is 127 cm³/mol. The van der Waals surface area contributed by atoms with Gasteiger partial charge in [-0.2, -0.15) is 0 Å². The number of ether oxygens (including phenoxy) is 2. The van der Waals surface area contributed by atoms with E-state index < -0.39 is 31.0 Å². The Morgan fingerprint density at radius 2 is 1.35 bits per heavy atom. The summed E-state index contributed by atoms with van der Waals surface area (Å²) in [7, 11) is 0. The first kappa shape index (κ1) is 28.6. The van der Waals surface area contributed by atoms with Gasteiger partial charge in [0.1, 0.15) is 24.4 Å². The Labute approximate surface area is 191 Å². The van der Waals surface area contributed by atoms with E-state index in [4.69, 9.17) is 14.6 Å². The zero-order valence-corrected chi connectivity index (χ0v) is 20.1. The summed E-state index contributed by atoms with van der Waals surface area (Å²) < 4.78 is 11.0. The Hall–Kier alpha value is -0.460. The normalized spacial score (nSPS) is 22.5. The average molecular weight is 443 g/mol. The zero-order valence-electron chi connectivity index (χ0n) is 20.1. The van der Waals surface area contributed by atoms with Gasteiger partial charge in [-0.25, -0.2) is 0 Å². The smallest absolute Gasteiger partial charge is 0.114 e. The Balaban J connectivity index is 1.81. The maximum absolute atomic E-state index is 10.1. The van der Waals surface area contributed by atoms with Crippen LogP contribution >= 0.6 is 0 Å². The molecule has 1 aliphatic rings. The van der Waals surface area contributed by atoms with E-state index in [1.54, 1.807) is 0 Å². The fourth-order valence-electron chi connectivity index (χ4n) is 4.14. The topological polar surface area (TPSA) is 79.2 Å². The molecule has 1 saturated heterocycles. The van der Waals surface area contributed by atoms with Gasteiger partial charge in [0.2, 0.25) is 0 Å². The van der Waals surface area contributed by atoms with Gasteiger partial charge in [-0.3, -0.25) is 0 Å². The molecule has 0 aromatic carbocycles. The number of allylic oxidation sites excluding steroid dienone is 2. The van der Waals surface area contributed by atoms with Crippen molar-refractivity contribution in [3.05, 3.63) is 12.2 Å². The fourth-order valence-corrected chi connectivity index (χ4v) is 4.14. The number of hydrogen-bond acceptors (Lipinski definition) is 5. The van der Waals surface area contributed by atoms with E-state index in [1.807, 2.05) is 0 Å². The highest BCUT2D eigenvalue weighted by Gasteiger charge is 2.40. The molecular formula is C26H50O5. The third kappa shape index (κ3) is 14.3. The lowest BCUT2D eigenvalue weighted by Crippen LogP contribution is -2.41.